The molecule has 2 N–H and O–H groups in total. The predicted molar refractivity (Wildman–Crippen MR) is 84.5 cm³/mol. The van der Waals surface area contributed by atoms with Gasteiger partial charge in [0, 0.05) is 25.7 Å². The smallest absolute Gasteiger partial charge is 0.243 e. The standard InChI is InChI=1S/C15H25N3O2S/c1-12-13(10-16)6-4-8-15(12)21(19,20)18-9-5-7-14(11-18)17(2)3/h4,6,8,14H,5,7,9-11,16H2,1-3H3. The molecule has 5 nitrogen and oxygen atoms in total. The SMILES string of the molecule is Cc1c(CN)cccc1S(=O)(=O)N1CCCC(N(C)C)C1. The van der Waals surface area contributed by atoms with Crippen LogP contribution in [0, 0.1) is 6.92 Å². The molecule has 2 rings (SSSR count). The van der Waals surface area contributed by atoms with Gasteiger partial charge in [-0.05, 0) is 51.1 Å². The first-order valence-electron chi connectivity index (χ1n) is 7.33. The minimum absolute atomic E-state index is 0.284. The number of sulfonamides is 1. The number of rotatable bonds is 4. The number of hydrogen-bond acceptors (Lipinski definition) is 4. The molecule has 0 bridgehead atoms. The zero-order valence-electron chi connectivity index (χ0n) is 13.0. The van der Waals surface area contributed by atoms with E-state index in [2.05, 4.69) is 4.90 Å². The van der Waals surface area contributed by atoms with Gasteiger partial charge in [0.1, 0.15) is 0 Å². The van der Waals surface area contributed by atoms with Gasteiger partial charge in [0.05, 0.1) is 4.90 Å². The molecule has 118 valence electrons. The first-order chi connectivity index (χ1) is 9.87. The monoisotopic (exact) mass is 311 g/mol. The summed E-state index contributed by atoms with van der Waals surface area (Å²) in [6.07, 6.45) is 1.94. The third-order valence-electron chi connectivity index (χ3n) is 4.32. The van der Waals surface area contributed by atoms with Crippen molar-refractivity contribution in [1.29, 1.82) is 0 Å². The Kier molecular flexibility index (Phi) is 5.03. The van der Waals surface area contributed by atoms with Crippen molar-refractivity contribution in [2.24, 2.45) is 5.73 Å². The molecule has 1 aromatic rings. The summed E-state index contributed by atoms with van der Waals surface area (Å²) in [5, 5.41) is 0. The van der Waals surface area contributed by atoms with Crippen molar-refractivity contribution in [3.05, 3.63) is 29.3 Å². The molecule has 1 unspecified atom stereocenters. The molecule has 0 spiro atoms. The Morgan fingerprint density at radius 1 is 1.38 bits per heavy atom. The summed E-state index contributed by atoms with van der Waals surface area (Å²) in [7, 11) is 0.562. The van der Waals surface area contributed by atoms with Gasteiger partial charge in [-0.15, -0.1) is 0 Å². The van der Waals surface area contributed by atoms with E-state index in [0.29, 0.717) is 24.5 Å². The Labute approximate surface area is 127 Å². The highest BCUT2D eigenvalue weighted by atomic mass is 32.2. The average molecular weight is 311 g/mol. The molecule has 1 aromatic carbocycles. The molecule has 0 saturated carbocycles. The van der Waals surface area contributed by atoms with E-state index in [0.717, 1.165) is 24.0 Å². The van der Waals surface area contributed by atoms with Crippen molar-refractivity contribution >= 4 is 10.0 Å². The molecule has 1 heterocycles. The maximum absolute atomic E-state index is 12.9. The van der Waals surface area contributed by atoms with Crippen LogP contribution in [0.1, 0.15) is 24.0 Å². The Bertz CT molecular complexity index is 599. The van der Waals surface area contributed by atoms with E-state index in [1.54, 1.807) is 16.4 Å². The van der Waals surface area contributed by atoms with Gasteiger partial charge in [-0.1, -0.05) is 12.1 Å². The van der Waals surface area contributed by atoms with Crippen LogP contribution in [0.4, 0.5) is 0 Å². The second kappa shape index (κ2) is 6.44. The van der Waals surface area contributed by atoms with Gasteiger partial charge < -0.3 is 10.6 Å². The molecule has 1 saturated heterocycles. The molecular formula is C15H25N3O2S. The van der Waals surface area contributed by atoms with Crippen molar-refractivity contribution in [3.8, 4) is 0 Å². The molecule has 0 radical (unpaired) electrons. The highest BCUT2D eigenvalue weighted by Crippen LogP contribution is 2.26. The maximum Gasteiger partial charge on any atom is 0.243 e. The molecule has 0 amide bonds. The van der Waals surface area contributed by atoms with Crippen LogP contribution in [0.2, 0.25) is 0 Å². The Morgan fingerprint density at radius 3 is 2.71 bits per heavy atom. The van der Waals surface area contributed by atoms with Crippen LogP contribution in [0.15, 0.2) is 23.1 Å². The van der Waals surface area contributed by atoms with Crippen LogP contribution < -0.4 is 5.73 Å². The first kappa shape index (κ1) is 16.4. The molecule has 6 heteroatoms. The fraction of sp³-hybridized carbons (Fsp3) is 0.600. The number of piperidine rings is 1. The van der Waals surface area contributed by atoms with Gasteiger partial charge >= 0.3 is 0 Å². The quantitative estimate of drug-likeness (QED) is 0.906. The normalized spacial score (nSPS) is 20.9. The van der Waals surface area contributed by atoms with Crippen LogP contribution in [-0.4, -0.2) is 50.8 Å². The lowest BCUT2D eigenvalue weighted by molar-refractivity contribution is 0.190. The number of benzene rings is 1. The van der Waals surface area contributed by atoms with Crippen molar-refractivity contribution < 1.29 is 8.42 Å². The predicted octanol–water partition coefficient (Wildman–Crippen LogP) is 1.17. The van der Waals surface area contributed by atoms with E-state index in [1.807, 2.05) is 27.1 Å². The van der Waals surface area contributed by atoms with Crippen LogP contribution in [0.3, 0.4) is 0 Å². The van der Waals surface area contributed by atoms with Gasteiger partial charge in [0.2, 0.25) is 10.0 Å². The maximum atomic E-state index is 12.9. The number of nitrogens with two attached hydrogens (primary N) is 1. The van der Waals surface area contributed by atoms with Gasteiger partial charge in [-0.2, -0.15) is 4.31 Å². The summed E-state index contributed by atoms with van der Waals surface area (Å²) in [4.78, 5) is 2.50. The van der Waals surface area contributed by atoms with Crippen molar-refractivity contribution in [3.63, 3.8) is 0 Å². The fourth-order valence-electron chi connectivity index (χ4n) is 2.86. The Hall–Kier alpha value is -0.950. The molecular weight excluding hydrogens is 286 g/mol. The third kappa shape index (κ3) is 3.29. The Morgan fingerprint density at radius 2 is 2.10 bits per heavy atom. The zero-order chi connectivity index (χ0) is 15.6. The summed E-state index contributed by atoms with van der Waals surface area (Å²) in [5.74, 6) is 0. The highest BCUT2D eigenvalue weighted by Gasteiger charge is 2.32. The van der Waals surface area contributed by atoms with E-state index < -0.39 is 10.0 Å². The first-order valence-corrected chi connectivity index (χ1v) is 8.77. The van der Waals surface area contributed by atoms with E-state index in [4.69, 9.17) is 5.73 Å². The van der Waals surface area contributed by atoms with E-state index in [1.165, 1.54) is 0 Å². The minimum Gasteiger partial charge on any atom is -0.326 e. The molecule has 1 aliphatic rings. The third-order valence-corrected chi connectivity index (χ3v) is 6.33. The summed E-state index contributed by atoms with van der Waals surface area (Å²) in [6, 6.07) is 5.62. The largest absolute Gasteiger partial charge is 0.326 e. The Balaban J connectivity index is 2.34. The summed E-state index contributed by atoms with van der Waals surface area (Å²) < 4.78 is 27.4. The van der Waals surface area contributed by atoms with E-state index >= 15 is 0 Å². The van der Waals surface area contributed by atoms with Crippen molar-refractivity contribution in [2.75, 3.05) is 27.2 Å². The van der Waals surface area contributed by atoms with Crippen molar-refractivity contribution in [2.45, 2.75) is 37.2 Å². The lowest BCUT2D eigenvalue weighted by Crippen LogP contribution is -2.47. The van der Waals surface area contributed by atoms with Gasteiger partial charge in [0.25, 0.3) is 0 Å². The van der Waals surface area contributed by atoms with Crippen molar-refractivity contribution in [1.82, 2.24) is 9.21 Å². The van der Waals surface area contributed by atoms with Gasteiger partial charge in [0.15, 0.2) is 0 Å². The lowest BCUT2D eigenvalue weighted by atomic mass is 10.1. The number of hydrogen-bond donors (Lipinski definition) is 1. The molecule has 1 aliphatic heterocycles. The minimum atomic E-state index is -3.44. The summed E-state index contributed by atoms with van der Waals surface area (Å²) in [5.41, 5.74) is 7.34. The van der Waals surface area contributed by atoms with E-state index in [-0.39, 0.29) is 6.04 Å². The summed E-state index contributed by atoms with van der Waals surface area (Å²) in [6.45, 7) is 3.35. The fourth-order valence-corrected chi connectivity index (χ4v) is 4.64. The second-order valence-corrected chi connectivity index (χ2v) is 7.77. The summed E-state index contributed by atoms with van der Waals surface area (Å²) >= 11 is 0. The van der Waals surface area contributed by atoms with Gasteiger partial charge in [-0.25, -0.2) is 8.42 Å². The molecule has 21 heavy (non-hydrogen) atoms. The topological polar surface area (TPSA) is 66.6 Å². The van der Waals surface area contributed by atoms with E-state index in [9.17, 15) is 8.42 Å². The highest BCUT2D eigenvalue weighted by molar-refractivity contribution is 7.89. The van der Waals surface area contributed by atoms with Crippen LogP contribution in [-0.2, 0) is 16.6 Å². The average Bonchev–Trinajstić information content (AvgIpc) is 2.47. The zero-order valence-corrected chi connectivity index (χ0v) is 13.9. The molecule has 0 aliphatic carbocycles. The number of nitrogens with zero attached hydrogens (tertiary/aromatic N) is 2. The molecule has 0 aromatic heterocycles. The van der Waals surface area contributed by atoms with Gasteiger partial charge in [-0.3, -0.25) is 0 Å². The molecule has 1 atom stereocenters. The van der Waals surface area contributed by atoms with Crippen LogP contribution >= 0.6 is 0 Å². The molecule has 1 fully saturated rings. The second-order valence-electron chi connectivity index (χ2n) is 5.87. The number of likely N-dealkylation sites (N-methyl/N-ethyl adjacent to an activating group) is 1. The van der Waals surface area contributed by atoms with Crippen LogP contribution in [0.5, 0.6) is 0 Å². The lowest BCUT2D eigenvalue weighted by Gasteiger charge is -2.35. The van der Waals surface area contributed by atoms with Crippen LogP contribution in [0.25, 0.3) is 0 Å².